The van der Waals surface area contributed by atoms with E-state index < -0.39 is 32.0 Å². The number of thiocarbonyl (C=S) groups is 1. The summed E-state index contributed by atoms with van der Waals surface area (Å²) in [4.78, 5) is 19.2. The van der Waals surface area contributed by atoms with E-state index in [2.05, 4.69) is 4.98 Å². The predicted octanol–water partition coefficient (Wildman–Crippen LogP) is 2.42. The van der Waals surface area contributed by atoms with Crippen molar-refractivity contribution in [3.05, 3.63) is 41.4 Å². The zero-order chi connectivity index (χ0) is 19.4. The minimum Gasteiger partial charge on any atom is -0.371 e. The lowest BCUT2D eigenvalue weighted by atomic mass is 9.85. The van der Waals surface area contributed by atoms with Crippen molar-refractivity contribution in [3.63, 3.8) is 0 Å². The number of carbonyl (C=O) groups is 1. The molecule has 0 N–H and O–H groups in total. The van der Waals surface area contributed by atoms with Gasteiger partial charge in [-0.25, -0.2) is 8.42 Å². The van der Waals surface area contributed by atoms with Crippen molar-refractivity contribution >= 4 is 32.8 Å². The monoisotopic (exact) mass is 394 g/mol. The molecule has 3 heterocycles. The second-order valence-corrected chi connectivity index (χ2v) is 10.1. The number of Topliss-reactive ketones (excluding diaryl/α,β-unsaturated/α-hetero) is 1. The number of ether oxygens (including phenoxy) is 1. The molecule has 0 aliphatic carbocycles. The third-order valence-corrected chi connectivity index (χ3v) is 7.59. The van der Waals surface area contributed by atoms with Gasteiger partial charge in [0.15, 0.2) is 21.0 Å². The van der Waals surface area contributed by atoms with Crippen molar-refractivity contribution < 1.29 is 17.9 Å². The van der Waals surface area contributed by atoms with Crippen LogP contribution in [-0.4, -0.2) is 47.7 Å². The molecule has 3 atom stereocenters. The molecule has 0 spiro atoms. The maximum atomic E-state index is 13.4. The third kappa shape index (κ3) is 2.62. The van der Waals surface area contributed by atoms with E-state index in [-0.39, 0.29) is 5.78 Å². The highest BCUT2D eigenvalue weighted by atomic mass is 32.2. The highest BCUT2D eigenvalue weighted by Crippen LogP contribution is 2.48. The predicted molar refractivity (Wildman–Crippen MR) is 102 cm³/mol. The van der Waals surface area contributed by atoms with Crippen molar-refractivity contribution in [2.45, 2.75) is 44.4 Å². The van der Waals surface area contributed by atoms with Crippen molar-refractivity contribution in [1.29, 1.82) is 0 Å². The fraction of sp³-hybridized carbons (Fsp3) is 0.500. The van der Waals surface area contributed by atoms with Gasteiger partial charge in [-0.05, 0) is 24.6 Å². The molecule has 8 heteroatoms. The van der Waals surface area contributed by atoms with E-state index >= 15 is 0 Å². The van der Waals surface area contributed by atoms with Gasteiger partial charge in [-0.2, -0.15) is 0 Å². The number of carbonyl (C=O) groups excluding carboxylic acids is 1. The van der Waals surface area contributed by atoms with Crippen molar-refractivity contribution in [1.82, 2.24) is 9.88 Å². The lowest BCUT2D eigenvalue weighted by Crippen LogP contribution is -2.70. The number of ketones is 1. The zero-order valence-corrected chi connectivity index (χ0v) is 17.0. The van der Waals surface area contributed by atoms with Crippen LogP contribution < -0.4 is 0 Å². The van der Waals surface area contributed by atoms with Gasteiger partial charge in [-0.1, -0.05) is 39.1 Å². The number of nitrogens with zero attached hydrogens (tertiary/aromatic N) is 2. The van der Waals surface area contributed by atoms with Gasteiger partial charge in [0.2, 0.25) is 0 Å². The highest BCUT2D eigenvalue weighted by Gasteiger charge is 2.61. The first-order chi connectivity index (χ1) is 12.0. The molecule has 2 aliphatic heterocycles. The molecule has 1 fully saturated rings. The summed E-state index contributed by atoms with van der Waals surface area (Å²) in [5.74, 6) is -0.146. The molecule has 0 radical (unpaired) electrons. The van der Waals surface area contributed by atoms with E-state index in [1.54, 1.807) is 52.1 Å². The number of aromatic nitrogens is 1. The van der Waals surface area contributed by atoms with Gasteiger partial charge in [-0.3, -0.25) is 9.78 Å². The Kier molecular flexibility index (Phi) is 4.57. The smallest absolute Gasteiger partial charge is 0.187 e. The van der Waals surface area contributed by atoms with E-state index in [4.69, 9.17) is 17.0 Å². The first kappa shape index (κ1) is 19.1. The van der Waals surface area contributed by atoms with Crippen LogP contribution in [0.15, 0.2) is 35.7 Å². The maximum Gasteiger partial charge on any atom is 0.187 e. The molecular formula is C18H22N2O4S2. The molecule has 0 aromatic carbocycles. The molecule has 6 nitrogen and oxygen atoms in total. The van der Waals surface area contributed by atoms with Gasteiger partial charge < -0.3 is 9.64 Å². The van der Waals surface area contributed by atoms with Gasteiger partial charge in [0.05, 0.1) is 11.4 Å². The first-order valence-electron chi connectivity index (χ1n) is 8.28. The Balaban J connectivity index is 2.27. The summed E-state index contributed by atoms with van der Waals surface area (Å²) in [6.45, 7) is 7.09. The molecule has 1 saturated heterocycles. The third-order valence-electron chi connectivity index (χ3n) is 4.77. The Morgan fingerprint density at radius 1 is 1.31 bits per heavy atom. The van der Waals surface area contributed by atoms with E-state index in [9.17, 15) is 13.2 Å². The number of pyridine rings is 1. The van der Waals surface area contributed by atoms with E-state index in [0.29, 0.717) is 22.0 Å². The van der Waals surface area contributed by atoms with E-state index in [1.807, 2.05) is 0 Å². The summed E-state index contributed by atoms with van der Waals surface area (Å²) >= 11 is 5.37. The second-order valence-electron chi connectivity index (χ2n) is 7.59. The SMILES string of the molecule is CO[C@H]1C(=S)N2C(C(=O)C(C)(C)C)=C(C)C(c3ccccn3)S(=O)(=O)[C@H]12. The van der Waals surface area contributed by atoms with Crippen LogP contribution in [0, 0.1) is 5.41 Å². The Morgan fingerprint density at radius 2 is 1.96 bits per heavy atom. The molecule has 0 amide bonds. The standard InChI is InChI=1S/C18H22N2O4S2/c1-10-12(15(21)18(2,3)4)20-16(25)13(24-5)17(20)26(22,23)14(10)11-8-6-7-9-19-11/h6-9,13-14,17H,1-5H3/t13-,14?,17+/m0/s1. The molecule has 3 rings (SSSR count). The van der Waals surface area contributed by atoms with Crippen LogP contribution in [0.4, 0.5) is 0 Å². The average molecular weight is 395 g/mol. The van der Waals surface area contributed by atoms with E-state index in [1.165, 1.54) is 12.0 Å². The fourth-order valence-electron chi connectivity index (χ4n) is 3.48. The number of allylic oxidation sites excluding steroid dienone is 1. The maximum absolute atomic E-state index is 13.4. The lowest BCUT2D eigenvalue weighted by Gasteiger charge is -2.53. The molecule has 2 aliphatic rings. The summed E-state index contributed by atoms with van der Waals surface area (Å²) in [5, 5.41) is -2.00. The van der Waals surface area contributed by atoms with Crippen molar-refractivity contribution in [2.75, 3.05) is 7.11 Å². The summed E-state index contributed by atoms with van der Waals surface area (Å²) in [7, 11) is -2.31. The first-order valence-corrected chi connectivity index (χ1v) is 10.3. The van der Waals surface area contributed by atoms with Crippen LogP contribution in [0.1, 0.15) is 38.6 Å². The number of sulfone groups is 1. The number of fused-ring (bicyclic) bond motifs is 1. The fourth-order valence-corrected chi connectivity index (χ4v) is 6.52. The van der Waals surface area contributed by atoms with Crippen LogP contribution in [0.2, 0.25) is 0 Å². The molecule has 0 bridgehead atoms. The zero-order valence-electron chi connectivity index (χ0n) is 15.4. The molecule has 1 aromatic heterocycles. The van der Waals surface area contributed by atoms with Gasteiger partial charge in [0.1, 0.15) is 16.3 Å². The largest absolute Gasteiger partial charge is 0.371 e. The van der Waals surface area contributed by atoms with Crippen LogP contribution in [0.5, 0.6) is 0 Å². The number of rotatable bonds is 3. The molecule has 1 unspecified atom stereocenters. The lowest BCUT2D eigenvalue weighted by molar-refractivity contribution is -0.124. The van der Waals surface area contributed by atoms with E-state index in [0.717, 1.165) is 0 Å². The number of methoxy groups -OCH3 is 1. The minimum atomic E-state index is -3.73. The number of hydrogen-bond donors (Lipinski definition) is 0. The Hall–Kier alpha value is -1.64. The van der Waals surface area contributed by atoms with Crippen molar-refractivity contribution in [3.8, 4) is 0 Å². The van der Waals surface area contributed by atoms with Gasteiger partial charge in [-0.15, -0.1) is 0 Å². The second kappa shape index (κ2) is 6.21. The summed E-state index contributed by atoms with van der Waals surface area (Å²) in [6.07, 6.45) is 0.812. The van der Waals surface area contributed by atoms with Crippen LogP contribution >= 0.6 is 12.2 Å². The topological polar surface area (TPSA) is 76.6 Å². The molecular weight excluding hydrogens is 372 g/mol. The Labute approximate surface area is 159 Å². The average Bonchev–Trinajstić information content (AvgIpc) is 2.55. The van der Waals surface area contributed by atoms with Crippen LogP contribution in [0.25, 0.3) is 0 Å². The molecule has 1 aromatic rings. The summed E-state index contributed by atoms with van der Waals surface area (Å²) in [5.41, 5.74) is 0.532. The Morgan fingerprint density at radius 3 is 2.46 bits per heavy atom. The van der Waals surface area contributed by atoms with Crippen LogP contribution in [-0.2, 0) is 19.4 Å². The molecule has 0 saturated carbocycles. The van der Waals surface area contributed by atoms with Gasteiger partial charge in [0, 0.05) is 18.7 Å². The van der Waals surface area contributed by atoms with Gasteiger partial charge in [0.25, 0.3) is 0 Å². The summed E-state index contributed by atoms with van der Waals surface area (Å²) < 4.78 is 32.0. The molecule has 26 heavy (non-hydrogen) atoms. The molecule has 140 valence electrons. The Bertz CT molecular complexity index is 901. The normalized spacial score (nSPS) is 27.8. The van der Waals surface area contributed by atoms with Gasteiger partial charge >= 0.3 is 0 Å². The highest BCUT2D eigenvalue weighted by molar-refractivity contribution is 7.93. The van der Waals surface area contributed by atoms with Crippen molar-refractivity contribution in [2.24, 2.45) is 5.41 Å². The van der Waals surface area contributed by atoms with Crippen LogP contribution in [0.3, 0.4) is 0 Å². The number of hydrogen-bond acceptors (Lipinski definition) is 6. The quantitative estimate of drug-likeness (QED) is 0.729. The summed E-state index contributed by atoms with van der Waals surface area (Å²) in [6, 6.07) is 5.13. The minimum absolute atomic E-state index is 0.146.